The number of hydrogen-bond donors (Lipinski definition) is 2. The molecule has 0 unspecified atom stereocenters. The van der Waals surface area contributed by atoms with E-state index in [2.05, 4.69) is 22.0 Å². The van der Waals surface area contributed by atoms with Crippen LogP contribution in [0, 0.1) is 0 Å². The molecule has 0 bridgehead atoms. The van der Waals surface area contributed by atoms with Gasteiger partial charge in [0, 0.05) is 35.7 Å². The number of carbonyl (C=O) groups excluding carboxylic acids is 1. The van der Waals surface area contributed by atoms with Gasteiger partial charge >= 0.3 is 0 Å². The van der Waals surface area contributed by atoms with Gasteiger partial charge in [-0.05, 0) is 69.0 Å². The van der Waals surface area contributed by atoms with Gasteiger partial charge in [0.15, 0.2) is 5.88 Å². The molecule has 1 heterocycles. The lowest BCUT2D eigenvalue weighted by Gasteiger charge is -2.17. The van der Waals surface area contributed by atoms with Crippen molar-refractivity contribution < 1.29 is 9.90 Å². The number of anilines is 1. The van der Waals surface area contributed by atoms with Crippen LogP contribution in [0.5, 0.6) is 5.88 Å². The van der Waals surface area contributed by atoms with Crippen molar-refractivity contribution in [3.63, 3.8) is 0 Å². The van der Waals surface area contributed by atoms with Crippen molar-refractivity contribution in [3.8, 4) is 5.88 Å². The molecule has 0 aliphatic rings. The SMILES string of the molecule is CC(=Nc1ccc(CN(C)C)cc1)c1c(O)[nH]c2ccc(C(=O)N(C)c3ccccc3)cc12. The van der Waals surface area contributed by atoms with Crippen LogP contribution in [-0.4, -0.2) is 47.8 Å². The number of carbonyl (C=O) groups is 1. The van der Waals surface area contributed by atoms with E-state index in [1.807, 2.05) is 75.6 Å². The fourth-order valence-electron chi connectivity index (χ4n) is 3.93. The summed E-state index contributed by atoms with van der Waals surface area (Å²) in [5.41, 5.74) is 5.37. The average Bonchev–Trinajstić information content (AvgIpc) is 3.14. The number of benzene rings is 3. The zero-order chi connectivity index (χ0) is 23.5. The summed E-state index contributed by atoms with van der Waals surface area (Å²) in [6.07, 6.45) is 0. The van der Waals surface area contributed by atoms with Crippen LogP contribution in [0.2, 0.25) is 0 Å². The zero-order valence-corrected chi connectivity index (χ0v) is 19.3. The van der Waals surface area contributed by atoms with E-state index in [9.17, 15) is 9.90 Å². The van der Waals surface area contributed by atoms with Crippen molar-refractivity contribution >= 4 is 33.9 Å². The molecule has 3 aromatic carbocycles. The lowest BCUT2D eigenvalue weighted by molar-refractivity contribution is 0.0993. The van der Waals surface area contributed by atoms with Crippen LogP contribution in [0.1, 0.15) is 28.4 Å². The van der Waals surface area contributed by atoms with Gasteiger partial charge in [0.25, 0.3) is 5.91 Å². The van der Waals surface area contributed by atoms with Crippen LogP contribution in [0.3, 0.4) is 0 Å². The van der Waals surface area contributed by atoms with Crippen LogP contribution < -0.4 is 4.90 Å². The second kappa shape index (κ2) is 9.30. The standard InChI is InChI=1S/C27H28N4O2/c1-18(28-21-13-10-19(11-14-21)17-30(2)3)25-23-16-20(12-15-24(23)29-26(25)32)27(33)31(4)22-8-6-5-7-9-22/h5-16,29,32H,17H2,1-4H3. The minimum Gasteiger partial charge on any atom is -0.494 e. The highest BCUT2D eigenvalue weighted by atomic mass is 16.3. The van der Waals surface area contributed by atoms with E-state index in [4.69, 9.17) is 4.99 Å². The van der Waals surface area contributed by atoms with Gasteiger partial charge in [0.2, 0.25) is 0 Å². The number of H-pyrrole nitrogens is 1. The Kier molecular flexibility index (Phi) is 6.29. The first-order valence-electron chi connectivity index (χ1n) is 10.8. The summed E-state index contributed by atoms with van der Waals surface area (Å²) >= 11 is 0. The number of aromatic nitrogens is 1. The molecule has 0 fully saturated rings. The first-order valence-corrected chi connectivity index (χ1v) is 10.8. The van der Waals surface area contributed by atoms with Crippen molar-refractivity contribution in [1.29, 1.82) is 0 Å². The molecule has 0 spiro atoms. The van der Waals surface area contributed by atoms with Crippen molar-refractivity contribution in [2.45, 2.75) is 13.5 Å². The summed E-state index contributed by atoms with van der Waals surface area (Å²) in [7, 11) is 5.82. The maximum atomic E-state index is 13.1. The smallest absolute Gasteiger partial charge is 0.258 e. The molecular formula is C27H28N4O2. The number of rotatable bonds is 6. The molecule has 1 aromatic heterocycles. The van der Waals surface area contributed by atoms with E-state index >= 15 is 0 Å². The number of para-hydroxylation sites is 1. The van der Waals surface area contributed by atoms with Crippen molar-refractivity contribution in [2.24, 2.45) is 4.99 Å². The van der Waals surface area contributed by atoms with Crippen LogP contribution in [0.4, 0.5) is 11.4 Å². The fourth-order valence-corrected chi connectivity index (χ4v) is 3.93. The Balaban J connectivity index is 1.67. The van der Waals surface area contributed by atoms with E-state index in [-0.39, 0.29) is 11.8 Å². The highest BCUT2D eigenvalue weighted by Crippen LogP contribution is 2.30. The van der Waals surface area contributed by atoms with Gasteiger partial charge in [-0.1, -0.05) is 30.3 Å². The summed E-state index contributed by atoms with van der Waals surface area (Å²) < 4.78 is 0. The predicted octanol–water partition coefficient (Wildman–Crippen LogP) is 5.35. The van der Waals surface area contributed by atoms with Gasteiger partial charge in [-0.3, -0.25) is 9.79 Å². The molecule has 2 N–H and O–H groups in total. The number of nitrogens with one attached hydrogen (secondary N) is 1. The summed E-state index contributed by atoms with van der Waals surface area (Å²) in [5.74, 6) is -0.0858. The molecule has 33 heavy (non-hydrogen) atoms. The summed E-state index contributed by atoms with van der Waals surface area (Å²) in [4.78, 5) is 24.5. The fraction of sp³-hybridized carbons (Fsp3) is 0.185. The largest absolute Gasteiger partial charge is 0.494 e. The van der Waals surface area contributed by atoms with E-state index in [0.717, 1.165) is 28.8 Å². The Bertz CT molecular complexity index is 1310. The molecule has 0 saturated carbocycles. The minimum atomic E-state index is -0.124. The maximum absolute atomic E-state index is 13.1. The third-order valence-electron chi connectivity index (χ3n) is 5.57. The summed E-state index contributed by atoms with van der Waals surface area (Å²) in [6, 6.07) is 22.9. The molecular weight excluding hydrogens is 412 g/mol. The van der Waals surface area contributed by atoms with Gasteiger partial charge in [-0.2, -0.15) is 0 Å². The first kappa shape index (κ1) is 22.3. The molecule has 168 valence electrons. The van der Waals surface area contributed by atoms with E-state index < -0.39 is 0 Å². The second-order valence-electron chi connectivity index (χ2n) is 8.41. The highest BCUT2D eigenvalue weighted by molar-refractivity contribution is 6.15. The Morgan fingerprint density at radius 1 is 0.970 bits per heavy atom. The number of fused-ring (bicyclic) bond motifs is 1. The van der Waals surface area contributed by atoms with E-state index in [1.54, 1.807) is 18.0 Å². The monoisotopic (exact) mass is 440 g/mol. The lowest BCUT2D eigenvalue weighted by Crippen LogP contribution is -2.26. The molecule has 6 nitrogen and oxygen atoms in total. The molecule has 0 aliphatic carbocycles. The first-order chi connectivity index (χ1) is 15.8. The third kappa shape index (κ3) is 4.81. The molecule has 6 heteroatoms. The Hall–Kier alpha value is -3.90. The molecule has 0 radical (unpaired) electrons. The second-order valence-corrected chi connectivity index (χ2v) is 8.41. The number of aromatic hydroxyl groups is 1. The van der Waals surface area contributed by atoms with Crippen LogP contribution in [0.25, 0.3) is 10.9 Å². The lowest BCUT2D eigenvalue weighted by atomic mass is 10.1. The molecule has 1 amide bonds. The normalized spacial score (nSPS) is 11.8. The molecule has 4 rings (SSSR count). The van der Waals surface area contributed by atoms with Crippen LogP contribution in [-0.2, 0) is 6.54 Å². The van der Waals surface area contributed by atoms with Gasteiger partial charge in [0.05, 0.1) is 17.0 Å². The molecule has 0 saturated heterocycles. The zero-order valence-electron chi connectivity index (χ0n) is 19.3. The van der Waals surface area contributed by atoms with E-state index in [1.165, 1.54) is 5.56 Å². The summed E-state index contributed by atoms with van der Waals surface area (Å²) in [6.45, 7) is 2.72. The quantitative estimate of drug-likeness (QED) is 0.397. The Morgan fingerprint density at radius 3 is 2.33 bits per heavy atom. The van der Waals surface area contributed by atoms with Crippen molar-refractivity contribution in [2.75, 3.05) is 26.0 Å². The van der Waals surface area contributed by atoms with Crippen LogP contribution in [0.15, 0.2) is 77.8 Å². The van der Waals surface area contributed by atoms with E-state index in [0.29, 0.717) is 16.8 Å². The van der Waals surface area contributed by atoms with Crippen molar-refractivity contribution in [1.82, 2.24) is 9.88 Å². The van der Waals surface area contributed by atoms with Crippen molar-refractivity contribution in [3.05, 3.63) is 89.5 Å². The number of aromatic amines is 1. The number of amides is 1. The maximum Gasteiger partial charge on any atom is 0.258 e. The number of nitrogens with zero attached hydrogens (tertiary/aromatic N) is 3. The minimum absolute atomic E-state index is 0.0384. The highest BCUT2D eigenvalue weighted by Gasteiger charge is 2.18. The predicted molar refractivity (Wildman–Crippen MR) is 135 cm³/mol. The van der Waals surface area contributed by atoms with Gasteiger partial charge < -0.3 is 19.9 Å². The Morgan fingerprint density at radius 2 is 1.67 bits per heavy atom. The average molecular weight is 441 g/mol. The van der Waals surface area contributed by atoms with Crippen LogP contribution >= 0.6 is 0 Å². The Labute approximate surface area is 193 Å². The number of aliphatic imine (C=N–C) groups is 1. The van der Waals surface area contributed by atoms with Gasteiger partial charge in [0.1, 0.15) is 0 Å². The topological polar surface area (TPSA) is 71.9 Å². The van der Waals surface area contributed by atoms with Gasteiger partial charge in [-0.15, -0.1) is 0 Å². The number of hydrogen-bond acceptors (Lipinski definition) is 4. The summed E-state index contributed by atoms with van der Waals surface area (Å²) in [5, 5.41) is 11.4. The van der Waals surface area contributed by atoms with Gasteiger partial charge in [-0.25, -0.2) is 0 Å². The molecule has 0 aliphatic heterocycles. The third-order valence-corrected chi connectivity index (χ3v) is 5.57. The molecule has 0 atom stereocenters. The molecule has 4 aromatic rings.